The van der Waals surface area contributed by atoms with E-state index in [-0.39, 0.29) is 11.7 Å². The number of aromatic nitrogens is 2. The zero-order valence-corrected chi connectivity index (χ0v) is 16.1. The molecule has 0 N–H and O–H groups in total. The van der Waals surface area contributed by atoms with Gasteiger partial charge in [0.2, 0.25) is 5.91 Å². The molecule has 5 nitrogen and oxygen atoms in total. The molecule has 6 heteroatoms. The van der Waals surface area contributed by atoms with E-state index in [9.17, 15) is 9.18 Å². The normalized spacial score (nSPS) is 15.3. The average Bonchev–Trinajstić information content (AvgIpc) is 3.13. The lowest BCUT2D eigenvalue weighted by atomic mass is 10.1. The van der Waals surface area contributed by atoms with E-state index in [1.807, 2.05) is 40.0 Å². The minimum Gasteiger partial charge on any atom is -0.340 e. The summed E-state index contributed by atoms with van der Waals surface area (Å²) in [5, 5.41) is 5.58. The van der Waals surface area contributed by atoms with Crippen LogP contribution in [0.3, 0.4) is 0 Å². The van der Waals surface area contributed by atoms with Gasteiger partial charge in [0, 0.05) is 50.1 Å². The van der Waals surface area contributed by atoms with Crippen molar-refractivity contribution in [1.82, 2.24) is 19.6 Å². The summed E-state index contributed by atoms with van der Waals surface area (Å²) in [4.78, 5) is 16.7. The van der Waals surface area contributed by atoms with Crippen LogP contribution in [0.25, 0.3) is 10.9 Å². The zero-order valence-electron chi connectivity index (χ0n) is 16.1. The Morgan fingerprint density at radius 3 is 2.64 bits per heavy atom. The molecule has 1 aliphatic rings. The molecule has 0 bridgehead atoms. The van der Waals surface area contributed by atoms with Crippen molar-refractivity contribution in [2.45, 2.75) is 26.4 Å². The van der Waals surface area contributed by atoms with Crippen molar-refractivity contribution >= 4 is 16.8 Å². The largest absolute Gasteiger partial charge is 0.340 e. The van der Waals surface area contributed by atoms with Crippen molar-refractivity contribution < 1.29 is 9.18 Å². The molecule has 1 saturated heterocycles. The van der Waals surface area contributed by atoms with E-state index in [1.165, 1.54) is 11.6 Å². The molecule has 2 aromatic carbocycles. The Morgan fingerprint density at radius 1 is 1.07 bits per heavy atom. The lowest BCUT2D eigenvalue weighted by Gasteiger charge is -2.34. The third kappa shape index (κ3) is 3.92. The van der Waals surface area contributed by atoms with Gasteiger partial charge in [-0.15, -0.1) is 0 Å². The van der Waals surface area contributed by atoms with E-state index in [1.54, 1.807) is 6.07 Å². The molecule has 1 aliphatic heterocycles. The van der Waals surface area contributed by atoms with Gasteiger partial charge in [-0.2, -0.15) is 5.10 Å². The van der Waals surface area contributed by atoms with E-state index in [0.717, 1.165) is 24.0 Å². The highest BCUT2D eigenvalue weighted by molar-refractivity contribution is 5.82. The minimum atomic E-state index is -0.164. The van der Waals surface area contributed by atoms with Crippen LogP contribution in [-0.2, 0) is 17.9 Å². The molecule has 0 radical (unpaired) electrons. The van der Waals surface area contributed by atoms with Crippen LogP contribution in [0.4, 0.5) is 4.39 Å². The number of carbonyl (C=O) groups is 1. The number of piperazine rings is 1. The number of fused-ring (bicyclic) bond motifs is 1. The highest BCUT2D eigenvalue weighted by Crippen LogP contribution is 2.18. The van der Waals surface area contributed by atoms with Gasteiger partial charge in [-0.25, -0.2) is 4.39 Å². The van der Waals surface area contributed by atoms with Gasteiger partial charge in [-0.1, -0.05) is 30.3 Å². The number of benzene rings is 2. The van der Waals surface area contributed by atoms with Gasteiger partial charge in [-0.3, -0.25) is 14.4 Å². The van der Waals surface area contributed by atoms with Crippen LogP contribution in [0, 0.1) is 12.7 Å². The smallest absolute Gasteiger partial charge is 0.224 e. The summed E-state index contributed by atoms with van der Waals surface area (Å²) in [6, 6.07) is 13.0. The van der Waals surface area contributed by atoms with Crippen LogP contribution in [-0.4, -0.2) is 51.7 Å². The first-order chi connectivity index (χ1) is 13.6. The van der Waals surface area contributed by atoms with Crippen LogP contribution >= 0.6 is 0 Å². The van der Waals surface area contributed by atoms with Crippen molar-refractivity contribution in [2.24, 2.45) is 0 Å². The molecule has 3 aromatic rings. The average molecular weight is 380 g/mol. The predicted molar refractivity (Wildman–Crippen MR) is 107 cm³/mol. The lowest BCUT2D eigenvalue weighted by molar-refractivity contribution is -0.133. The third-order valence-electron chi connectivity index (χ3n) is 5.52. The summed E-state index contributed by atoms with van der Waals surface area (Å²) >= 11 is 0. The van der Waals surface area contributed by atoms with Crippen molar-refractivity contribution in [1.29, 1.82) is 0 Å². The standard InChI is InChI=1S/C22H25FN4O/c1-17-5-4-8-21-19(17)15-24-27(21)10-9-22(28)26-13-11-25(12-14-26)16-18-6-2-3-7-20(18)23/h2-8,15H,9-14,16H2,1H3. The van der Waals surface area contributed by atoms with E-state index in [0.29, 0.717) is 38.2 Å². The number of hydrogen-bond donors (Lipinski definition) is 0. The summed E-state index contributed by atoms with van der Waals surface area (Å²) in [5.74, 6) is -0.00969. The molecule has 2 heterocycles. The molecule has 0 saturated carbocycles. The van der Waals surface area contributed by atoms with Crippen molar-refractivity contribution in [3.05, 3.63) is 65.6 Å². The van der Waals surface area contributed by atoms with Crippen LogP contribution in [0.1, 0.15) is 17.5 Å². The number of carbonyl (C=O) groups excluding carboxylic acids is 1. The van der Waals surface area contributed by atoms with Gasteiger partial charge in [0.05, 0.1) is 18.3 Å². The topological polar surface area (TPSA) is 41.4 Å². The first-order valence-corrected chi connectivity index (χ1v) is 9.76. The minimum absolute atomic E-state index is 0.154. The first-order valence-electron chi connectivity index (χ1n) is 9.76. The Balaban J connectivity index is 1.29. The molecular weight excluding hydrogens is 355 g/mol. The maximum Gasteiger partial charge on any atom is 0.224 e. The summed E-state index contributed by atoms with van der Waals surface area (Å²) < 4.78 is 15.7. The van der Waals surface area contributed by atoms with E-state index < -0.39 is 0 Å². The Morgan fingerprint density at radius 2 is 1.86 bits per heavy atom. The summed E-state index contributed by atoms with van der Waals surface area (Å²) in [6.07, 6.45) is 2.31. The van der Waals surface area contributed by atoms with E-state index in [2.05, 4.69) is 23.0 Å². The highest BCUT2D eigenvalue weighted by atomic mass is 19.1. The molecular formula is C22H25FN4O. The molecule has 146 valence electrons. The van der Waals surface area contributed by atoms with E-state index >= 15 is 0 Å². The zero-order chi connectivity index (χ0) is 19.5. The SMILES string of the molecule is Cc1cccc2c1cnn2CCC(=O)N1CCN(Cc2ccccc2F)CC1. The fourth-order valence-electron chi connectivity index (χ4n) is 3.81. The van der Waals surface area contributed by atoms with Crippen molar-refractivity contribution in [2.75, 3.05) is 26.2 Å². The first kappa shape index (κ1) is 18.6. The van der Waals surface area contributed by atoms with Gasteiger partial charge in [-0.05, 0) is 24.6 Å². The Hall–Kier alpha value is -2.73. The Bertz CT molecular complexity index is 976. The monoisotopic (exact) mass is 380 g/mol. The third-order valence-corrected chi connectivity index (χ3v) is 5.52. The van der Waals surface area contributed by atoms with Crippen molar-refractivity contribution in [3.8, 4) is 0 Å². The molecule has 1 fully saturated rings. The predicted octanol–water partition coefficient (Wildman–Crippen LogP) is 3.22. The molecule has 0 aliphatic carbocycles. The molecule has 1 aromatic heterocycles. The quantitative estimate of drug-likeness (QED) is 0.683. The molecule has 28 heavy (non-hydrogen) atoms. The number of nitrogens with zero attached hydrogens (tertiary/aromatic N) is 4. The second-order valence-corrected chi connectivity index (χ2v) is 7.37. The Kier molecular flexibility index (Phi) is 5.39. The molecule has 0 atom stereocenters. The van der Waals surface area contributed by atoms with Gasteiger partial charge < -0.3 is 4.90 Å². The molecule has 4 rings (SSSR count). The lowest BCUT2D eigenvalue weighted by Crippen LogP contribution is -2.48. The maximum absolute atomic E-state index is 13.8. The summed E-state index contributed by atoms with van der Waals surface area (Å²) in [7, 11) is 0. The van der Waals surface area contributed by atoms with Crippen LogP contribution in [0.15, 0.2) is 48.7 Å². The van der Waals surface area contributed by atoms with Gasteiger partial charge in [0.15, 0.2) is 0 Å². The van der Waals surface area contributed by atoms with Crippen molar-refractivity contribution in [3.63, 3.8) is 0 Å². The van der Waals surface area contributed by atoms with Gasteiger partial charge in [0.25, 0.3) is 0 Å². The number of amides is 1. The van der Waals surface area contributed by atoms with Gasteiger partial charge in [0.1, 0.15) is 5.82 Å². The van der Waals surface area contributed by atoms with Gasteiger partial charge >= 0.3 is 0 Å². The number of halogens is 1. The van der Waals surface area contributed by atoms with Crippen LogP contribution in [0.5, 0.6) is 0 Å². The maximum atomic E-state index is 13.8. The fourth-order valence-corrected chi connectivity index (χ4v) is 3.81. The second kappa shape index (κ2) is 8.10. The Labute approximate surface area is 164 Å². The second-order valence-electron chi connectivity index (χ2n) is 7.37. The molecule has 0 spiro atoms. The molecule has 0 unspecified atom stereocenters. The fraction of sp³-hybridized carbons (Fsp3) is 0.364. The van der Waals surface area contributed by atoms with E-state index in [4.69, 9.17) is 0 Å². The number of hydrogen-bond acceptors (Lipinski definition) is 3. The summed E-state index contributed by atoms with van der Waals surface area (Å²) in [6.45, 7) is 6.15. The number of rotatable bonds is 5. The van der Waals surface area contributed by atoms with Crippen LogP contribution < -0.4 is 0 Å². The summed E-state index contributed by atoms with van der Waals surface area (Å²) in [5.41, 5.74) is 2.98. The van der Waals surface area contributed by atoms with Crippen LogP contribution in [0.2, 0.25) is 0 Å². The molecule has 1 amide bonds. The number of aryl methyl sites for hydroxylation is 2. The highest BCUT2D eigenvalue weighted by Gasteiger charge is 2.21.